The van der Waals surface area contributed by atoms with Crippen LogP contribution in [0.4, 0.5) is 0 Å². The van der Waals surface area contributed by atoms with Crippen molar-refractivity contribution in [1.29, 1.82) is 0 Å². The van der Waals surface area contributed by atoms with Crippen LogP contribution < -0.4 is 10.5 Å². The molecular formula is C16H15ClN2O. The first-order chi connectivity index (χ1) is 9.78. The second-order valence-electron chi connectivity index (χ2n) is 4.59. The summed E-state index contributed by atoms with van der Waals surface area (Å²) in [6.45, 7) is 0.576. The Hall–Kier alpha value is -1.97. The molecule has 1 heterocycles. The van der Waals surface area contributed by atoms with Gasteiger partial charge in [-0.05, 0) is 48.9 Å². The van der Waals surface area contributed by atoms with Gasteiger partial charge in [-0.3, -0.25) is 0 Å². The second-order valence-corrected chi connectivity index (χ2v) is 5.02. The molecule has 0 bridgehead atoms. The van der Waals surface area contributed by atoms with E-state index in [0.717, 1.165) is 34.4 Å². The molecule has 1 aromatic heterocycles. The Balaban J connectivity index is 2.02. The van der Waals surface area contributed by atoms with Crippen molar-refractivity contribution in [3.63, 3.8) is 0 Å². The Morgan fingerprint density at radius 1 is 1.10 bits per heavy atom. The van der Waals surface area contributed by atoms with Crippen LogP contribution in [0, 0.1) is 0 Å². The van der Waals surface area contributed by atoms with E-state index in [1.54, 1.807) is 0 Å². The molecule has 0 atom stereocenters. The van der Waals surface area contributed by atoms with Crippen LogP contribution in [0.2, 0.25) is 5.02 Å². The maximum atomic E-state index is 6.06. The lowest BCUT2D eigenvalue weighted by molar-refractivity contribution is 0.482. The average Bonchev–Trinajstić information content (AvgIpc) is 2.91. The molecule has 4 heteroatoms. The van der Waals surface area contributed by atoms with Crippen molar-refractivity contribution in [2.45, 2.75) is 6.42 Å². The third kappa shape index (κ3) is 2.50. The minimum atomic E-state index is 0.576. The van der Waals surface area contributed by atoms with Crippen molar-refractivity contribution >= 4 is 22.5 Å². The fourth-order valence-corrected chi connectivity index (χ4v) is 2.41. The van der Waals surface area contributed by atoms with E-state index >= 15 is 0 Å². The fourth-order valence-electron chi connectivity index (χ4n) is 2.25. The summed E-state index contributed by atoms with van der Waals surface area (Å²) < 4.78 is 6.05. The lowest BCUT2D eigenvalue weighted by Crippen LogP contribution is -2.04. The predicted molar refractivity (Wildman–Crippen MR) is 82.6 cm³/mol. The average molecular weight is 287 g/mol. The molecule has 0 spiro atoms. The van der Waals surface area contributed by atoms with E-state index in [1.165, 1.54) is 0 Å². The van der Waals surface area contributed by atoms with Gasteiger partial charge in [-0.15, -0.1) is 0 Å². The van der Waals surface area contributed by atoms with E-state index < -0.39 is 0 Å². The number of aromatic amines is 1. The summed E-state index contributed by atoms with van der Waals surface area (Å²) in [5, 5.41) is 1.70. The largest absolute Gasteiger partial charge is 0.456 e. The monoisotopic (exact) mass is 286 g/mol. The van der Waals surface area contributed by atoms with Crippen LogP contribution in [0.15, 0.2) is 48.7 Å². The van der Waals surface area contributed by atoms with Gasteiger partial charge < -0.3 is 15.5 Å². The summed E-state index contributed by atoms with van der Waals surface area (Å²) in [4.78, 5) is 3.17. The Labute approximate surface area is 122 Å². The van der Waals surface area contributed by atoms with E-state index in [-0.39, 0.29) is 0 Å². The van der Waals surface area contributed by atoms with Gasteiger partial charge in [-0.25, -0.2) is 0 Å². The van der Waals surface area contributed by atoms with Gasteiger partial charge in [0.2, 0.25) is 0 Å². The highest BCUT2D eigenvalue weighted by Crippen LogP contribution is 2.33. The molecule has 0 unspecified atom stereocenters. The lowest BCUT2D eigenvalue weighted by Gasteiger charge is -2.12. The van der Waals surface area contributed by atoms with E-state index in [9.17, 15) is 0 Å². The summed E-state index contributed by atoms with van der Waals surface area (Å²) in [6, 6.07) is 13.6. The molecule has 0 amide bonds. The van der Waals surface area contributed by atoms with Gasteiger partial charge in [-0.1, -0.05) is 23.7 Å². The van der Waals surface area contributed by atoms with Crippen molar-refractivity contribution in [3.05, 3.63) is 59.2 Å². The fraction of sp³-hybridized carbons (Fsp3) is 0.125. The molecule has 0 saturated carbocycles. The molecule has 3 rings (SSSR count). The number of rotatable bonds is 4. The SMILES string of the molecule is NCCc1ccc(Cl)cc1Oc1cccc2[nH]ccc12. The highest BCUT2D eigenvalue weighted by molar-refractivity contribution is 6.30. The van der Waals surface area contributed by atoms with Crippen LogP contribution in [-0.4, -0.2) is 11.5 Å². The van der Waals surface area contributed by atoms with Crippen LogP contribution in [0.25, 0.3) is 10.9 Å². The zero-order chi connectivity index (χ0) is 13.9. The molecule has 0 radical (unpaired) electrons. The Kier molecular flexibility index (Phi) is 3.63. The normalized spacial score (nSPS) is 10.9. The molecule has 3 N–H and O–H groups in total. The first kappa shape index (κ1) is 13.0. The van der Waals surface area contributed by atoms with Gasteiger partial charge in [0.05, 0.1) is 0 Å². The molecule has 0 saturated heterocycles. The zero-order valence-corrected chi connectivity index (χ0v) is 11.7. The number of nitrogens with one attached hydrogen (secondary N) is 1. The zero-order valence-electron chi connectivity index (χ0n) is 10.9. The summed E-state index contributed by atoms with van der Waals surface area (Å²) >= 11 is 6.06. The van der Waals surface area contributed by atoms with Gasteiger partial charge in [0.1, 0.15) is 11.5 Å². The van der Waals surface area contributed by atoms with Gasteiger partial charge in [0, 0.05) is 22.1 Å². The van der Waals surface area contributed by atoms with E-state index in [4.69, 9.17) is 22.1 Å². The Morgan fingerprint density at radius 2 is 2.00 bits per heavy atom. The number of H-pyrrole nitrogens is 1. The number of hydrogen-bond donors (Lipinski definition) is 2. The molecule has 0 aliphatic heterocycles. The van der Waals surface area contributed by atoms with Crippen molar-refractivity contribution < 1.29 is 4.74 Å². The van der Waals surface area contributed by atoms with E-state index in [2.05, 4.69) is 4.98 Å². The van der Waals surface area contributed by atoms with Gasteiger partial charge >= 0.3 is 0 Å². The molecule has 3 aromatic rings. The van der Waals surface area contributed by atoms with Gasteiger partial charge in [0.15, 0.2) is 0 Å². The summed E-state index contributed by atoms with van der Waals surface area (Å²) in [5.74, 6) is 1.57. The molecule has 20 heavy (non-hydrogen) atoms. The van der Waals surface area contributed by atoms with E-state index in [1.807, 2.05) is 48.7 Å². The van der Waals surface area contributed by atoms with E-state index in [0.29, 0.717) is 11.6 Å². The van der Waals surface area contributed by atoms with Crippen LogP contribution in [0.1, 0.15) is 5.56 Å². The highest BCUT2D eigenvalue weighted by Gasteiger charge is 2.08. The number of hydrogen-bond acceptors (Lipinski definition) is 2. The molecule has 0 fully saturated rings. The highest BCUT2D eigenvalue weighted by atomic mass is 35.5. The quantitative estimate of drug-likeness (QED) is 0.758. The van der Waals surface area contributed by atoms with Crippen molar-refractivity contribution in [2.24, 2.45) is 5.73 Å². The minimum Gasteiger partial charge on any atom is -0.456 e. The first-order valence-electron chi connectivity index (χ1n) is 6.50. The Morgan fingerprint density at radius 3 is 2.85 bits per heavy atom. The van der Waals surface area contributed by atoms with Gasteiger partial charge in [-0.2, -0.15) is 0 Å². The number of nitrogens with two attached hydrogens (primary N) is 1. The number of aromatic nitrogens is 1. The molecule has 102 valence electrons. The smallest absolute Gasteiger partial charge is 0.136 e. The predicted octanol–water partition coefficient (Wildman–Crippen LogP) is 4.11. The molecule has 2 aromatic carbocycles. The summed E-state index contributed by atoms with van der Waals surface area (Å²) in [5.41, 5.74) is 7.75. The third-order valence-corrected chi connectivity index (χ3v) is 3.45. The lowest BCUT2D eigenvalue weighted by atomic mass is 10.1. The maximum Gasteiger partial charge on any atom is 0.136 e. The summed E-state index contributed by atoms with van der Waals surface area (Å²) in [7, 11) is 0. The molecular weight excluding hydrogens is 272 g/mol. The van der Waals surface area contributed by atoms with Crippen molar-refractivity contribution in [3.8, 4) is 11.5 Å². The summed E-state index contributed by atoms with van der Waals surface area (Å²) in [6.07, 6.45) is 2.66. The van der Waals surface area contributed by atoms with Crippen molar-refractivity contribution in [2.75, 3.05) is 6.54 Å². The molecule has 3 nitrogen and oxygen atoms in total. The van der Waals surface area contributed by atoms with Gasteiger partial charge in [0.25, 0.3) is 0 Å². The standard InChI is InChI=1S/C16H15ClN2O/c17-12-5-4-11(6-8-18)16(10-12)20-15-3-1-2-14-13(15)7-9-19-14/h1-5,7,9-10,19H,6,8,18H2. The Bertz CT molecular complexity index is 736. The van der Waals surface area contributed by atoms with Crippen LogP contribution >= 0.6 is 11.6 Å². The van der Waals surface area contributed by atoms with Crippen molar-refractivity contribution in [1.82, 2.24) is 4.98 Å². The second kappa shape index (κ2) is 5.57. The maximum absolute atomic E-state index is 6.06. The van der Waals surface area contributed by atoms with Crippen LogP contribution in [0.5, 0.6) is 11.5 Å². The molecule has 0 aliphatic rings. The minimum absolute atomic E-state index is 0.576. The molecule has 0 aliphatic carbocycles. The number of ether oxygens (including phenoxy) is 1. The number of fused-ring (bicyclic) bond motifs is 1. The van der Waals surface area contributed by atoms with Crippen LogP contribution in [-0.2, 0) is 6.42 Å². The third-order valence-electron chi connectivity index (χ3n) is 3.22. The van der Waals surface area contributed by atoms with Crippen LogP contribution in [0.3, 0.4) is 0 Å². The number of benzene rings is 2. The number of halogens is 1. The topological polar surface area (TPSA) is 51.0 Å². The first-order valence-corrected chi connectivity index (χ1v) is 6.88.